The monoisotopic (exact) mass is 209 g/mol. The molecule has 0 spiro atoms. The van der Waals surface area contributed by atoms with Crippen LogP contribution < -0.4 is 0 Å². The molecule has 1 aliphatic carbocycles. The fraction of sp³-hybridized carbons (Fsp3) is 0.923. The fourth-order valence-electron chi connectivity index (χ4n) is 2.57. The van der Waals surface area contributed by atoms with Gasteiger partial charge in [0.25, 0.3) is 0 Å². The van der Waals surface area contributed by atoms with Crippen molar-refractivity contribution in [1.29, 1.82) is 5.26 Å². The molecule has 0 heterocycles. The van der Waals surface area contributed by atoms with Crippen molar-refractivity contribution in [3.8, 4) is 6.07 Å². The van der Waals surface area contributed by atoms with Gasteiger partial charge in [0.05, 0.1) is 17.6 Å². The van der Waals surface area contributed by atoms with Gasteiger partial charge < -0.3 is 5.11 Å². The molecule has 0 saturated heterocycles. The van der Waals surface area contributed by atoms with Crippen molar-refractivity contribution in [1.82, 2.24) is 0 Å². The first-order chi connectivity index (χ1) is 7.25. The van der Waals surface area contributed by atoms with Crippen LogP contribution in [0.3, 0.4) is 0 Å². The number of aliphatic hydroxyl groups excluding tert-OH is 1. The van der Waals surface area contributed by atoms with Gasteiger partial charge in [-0.05, 0) is 19.3 Å². The van der Waals surface area contributed by atoms with E-state index in [1.807, 2.05) is 0 Å². The normalized spacial score (nSPS) is 21.1. The van der Waals surface area contributed by atoms with E-state index in [4.69, 9.17) is 0 Å². The first-order valence-corrected chi connectivity index (χ1v) is 6.34. The van der Waals surface area contributed by atoms with E-state index < -0.39 is 5.41 Å². The number of nitrogens with zero attached hydrogens (tertiary/aromatic N) is 1. The van der Waals surface area contributed by atoms with Crippen molar-refractivity contribution < 1.29 is 5.11 Å². The average molecular weight is 209 g/mol. The molecule has 0 amide bonds. The molecule has 1 N–H and O–H groups in total. The highest BCUT2D eigenvalue weighted by atomic mass is 16.3. The lowest BCUT2D eigenvalue weighted by molar-refractivity contribution is 0.0576. The largest absolute Gasteiger partial charge is 0.391 e. The van der Waals surface area contributed by atoms with E-state index in [1.165, 1.54) is 19.3 Å². The summed E-state index contributed by atoms with van der Waals surface area (Å²) in [5, 5.41) is 19.3. The molecular weight excluding hydrogens is 186 g/mol. The van der Waals surface area contributed by atoms with E-state index in [0.717, 1.165) is 38.5 Å². The highest BCUT2D eigenvalue weighted by Gasteiger charge is 2.40. The molecule has 0 aromatic rings. The molecule has 2 heteroatoms. The van der Waals surface area contributed by atoms with Crippen molar-refractivity contribution in [2.45, 2.75) is 70.8 Å². The van der Waals surface area contributed by atoms with Crippen LogP contribution in [-0.2, 0) is 0 Å². The molecular formula is C13H23NO. The van der Waals surface area contributed by atoms with E-state index >= 15 is 0 Å². The van der Waals surface area contributed by atoms with Gasteiger partial charge in [-0.3, -0.25) is 0 Å². The summed E-state index contributed by atoms with van der Waals surface area (Å²) in [5.74, 6) is 0. The van der Waals surface area contributed by atoms with Gasteiger partial charge in [0.1, 0.15) is 0 Å². The van der Waals surface area contributed by atoms with Crippen molar-refractivity contribution in [2.75, 3.05) is 0 Å². The standard InChI is InChI=1S/C13H23NO/c1-2-3-4-5-8-12(15)13(11-14)9-6-7-10-13/h12,15H,2-10H2,1H3. The lowest BCUT2D eigenvalue weighted by Gasteiger charge is -2.26. The van der Waals surface area contributed by atoms with Gasteiger partial charge in [-0.1, -0.05) is 45.4 Å². The molecule has 0 aromatic carbocycles. The smallest absolute Gasteiger partial charge is 0.0832 e. The summed E-state index contributed by atoms with van der Waals surface area (Å²) in [6.07, 6.45) is 9.17. The summed E-state index contributed by atoms with van der Waals surface area (Å²) in [4.78, 5) is 0. The van der Waals surface area contributed by atoms with Gasteiger partial charge in [0.15, 0.2) is 0 Å². The van der Waals surface area contributed by atoms with E-state index in [9.17, 15) is 10.4 Å². The molecule has 1 atom stereocenters. The zero-order valence-electron chi connectivity index (χ0n) is 9.84. The minimum atomic E-state index is -0.397. The number of unbranched alkanes of at least 4 members (excludes halogenated alkanes) is 3. The molecule has 1 fully saturated rings. The van der Waals surface area contributed by atoms with Crippen LogP contribution >= 0.6 is 0 Å². The molecule has 15 heavy (non-hydrogen) atoms. The third-order valence-corrected chi connectivity index (χ3v) is 3.69. The summed E-state index contributed by atoms with van der Waals surface area (Å²) in [5.41, 5.74) is -0.397. The van der Waals surface area contributed by atoms with Crippen LogP contribution in [-0.4, -0.2) is 11.2 Å². The Balaban J connectivity index is 2.31. The summed E-state index contributed by atoms with van der Waals surface area (Å²) in [6.45, 7) is 2.18. The van der Waals surface area contributed by atoms with Crippen molar-refractivity contribution in [3.63, 3.8) is 0 Å². The molecule has 1 saturated carbocycles. The number of nitriles is 1. The Kier molecular flexibility index (Phi) is 5.11. The Hall–Kier alpha value is -0.550. The van der Waals surface area contributed by atoms with Crippen molar-refractivity contribution in [3.05, 3.63) is 0 Å². The van der Waals surface area contributed by atoms with E-state index in [2.05, 4.69) is 13.0 Å². The highest BCUT2D eigenvalue weighted by Crippen LogP contribution is 2.41. The van der Waals surface area contributed by atoms with Crippen LogP contribution in [0.25, 0.3) is 0 Å². The highest BCUT2D eigenvalue weighted by molar-refractivity contribution is 5.06. The second-order valence-corrected chi connectivity index (χ2v) is 4.84. The van der Waals surface area contributed by atoms with Crippen LogP contribution in [0.1, 0.15) is 64.7 Å². The molecule has 0 aliphatic heterocycles. The zero-order valence-corrected chi connectivity index (χ0v) is 9.84. The van der Waals surface area contributed by atoms with Crippen LogP contribution in [0.4, 0.5) is 0 Å². The third kappa shape index (κ3) is 3.21. The number of rotatable bonds is 6. The van der Waals surface area contributed by atoms with E-state index in [0.29, 0.717) is 0 Å². The maximum absolute atomic E-state index is 10.1. The van der Waals surface area contributed by atoms with Crippen LogP contribution in [0.15, 0.2) is 0 Å². The molecule has 0 bridgehead atoms. The fourth-order valence-corrected chi connectivity index (χ4v) is 2.57. The Morgan fingerprint density at radius 3 is 2.47 bits per heavy atom. The SMILES string of the molecule is CCCCCCC(O)C1(C#N)CCCC1. The third-order valence-electron chi connectivity index (χ3n) is 3.69. The van der Waals surface area contributed by atoms with Gasteiger partial charge in [0, 0.05) is 0 Å². The van der Waals surface area contributed by atoms with Gasteiger partial charge in [-0.15, -0.1) is 0 Å². The molecule has 1 rings (SSSR count). The maximum Gasteiger partial charge on any atom is 0.0832 e. The second kappa shape index (κ2) is 6.12. The molecule has 2 nitrogen and oxygen atoms in total. The van der Waals surface area contributed by atoms with Gasteiger partial charge in [-0.2, -0.15) is 5.26 Å². The summed E-state index contributed by atoms with van der Waals surface area (Å²) in [7, 11) is 0. The van der Waals surface area contributed by atoms with Crippen LogP contribution in [0, 0.1) is 16.7 Å². The molecule has 86 valence electrons. The summed E-state index contributed by atoms with van der Waals surface area (Å²) < 4.78 is 0. The number of hydrogen-bond donors (Lipinski definition) is 1. The summed E-state index contributed by atoms with van der Waals surface area (Å²) >= 11 is 0. The number of hydrogen-bond acceptors (Lipinski definition) is 2. The van der Waals surface area contributed by atoms with Gasteiger partial charge in [0.2, 0.25) is 0 Å². The lowest BCUT2D eigenvalue weighted by Crippen LogP contribution is -2.31. The average Bonchev–Trinajstić information content (AvgIpc) is 2.74. The Bertz CT molecular complexity index is 213. The minimum Gasteiger partial charge on any atom is -0.391 e. The minimum absolute atomic E-state index is 0.387. The van der Waals surface area contributed by atoms with E-state index in [-0.39, 0.29) is 6.10 Å². The van der Waals surface area contributed by atoms with Crippen LogP contribution in [0.5, 0.6) is 0 Å². The van der Waals surface area contributed by atoms with Gasteiger partial charge in [-0.25, -0.2) is 0 Å². The Morgan fingerprint density at radius 1 is 1.27 bits per heavy atom. The maximum atomic E-state index is 10.1. The second-order valence-electron chi connectivity index (χ2n) is 4.84. The van der Waals surface area contributed by atoms with Crippen molar-refractivity contribution in [2.24, 2.45) is 5.41 Å². The van der Waals surface area contributed by atoms with Crippen molar-refractivity contribution >= 4 is 0 Å². The predicted octanol–water partition coefficient (Wildman–Crippen LogP) is 3.40. The number of aliphatic hydroxyl groups is 1. The topological polar surface area (TPSA) is 44.0 Å². The molecule has 0 aromatic heterocycles. The predicted molar refractivity (Wildman–Crippen MR) is 61.3 cm³/mol. The zero-order chi connectivity index (χ0) is 11.1. The Morgan fingerprint density at radius 2 is 1.93 bits per heavy atom. The quantitative estimate of drug-likeness (QED) is 0.681. The summed E-state index contributed by atoms with van der Waals surface area (Å²) in [6, 6.07) is 2.37. The van der Waals surface area contributed by atoms with E-state index in [1.54, 1.807) is 0 Å². The molecule has 1 unspecified atom stereocenters. The van der Waals surface area contributed by atoms with Gasteiger partial charge >= 0.3 is 0 Å². The molecule has 1 aliphatic rings. The van der Waals surface area contributed by atoms with Crippen LogP contribution in [0.2, 0.25) is 0 Å². The Labute approximate surface area is 93.3 Å². The lowest BCUT2D eigenvalue weighted by atomic mass is 9.80. The first-order valence-electron chi connectivity index (χ1n) is 6.34. The first kappa shape index (κ1) is 12.5. The molecule has 0 radical (unpaired) electrons.